The third-order valence-electron chi connectivity index (χ3n) is 4.97. The lowest BCUT2D eigenvalue weighted by Crippen LogP contribution is -2.37. The first-order chi connectivity index (χ1) is 10.8. The normalized spacial score (nSPS) is 23.2. The second-order valence-electron chi connectivity index (χ2n) is 6.49. The lowest BCUT2D eigenvalue weighted by atomic mass is 10.0. The summed E-state index contributed by atoms with van der Waals surface area (Å²) in [5, 5.41) is 0. The van der Waals surface area contributed by atoms with E-state index in [1.807, 2.05) is 0 Å². The SMILES string of the molecule is CCCCN1CCCC1c1ccc(N2CCOCC2)nc1C. The van der Waals surface area contributed by atoms with Crippen molar-refractivity contribution >= 4 is 5.82 Å². The molecule has 4 heteroatoms. The molecule has 1 aromatic heterocycles. The highest BCUT2D eigenvalue weighted by Gasteiger charge is 2.27. The van der Waals surface area contributed by atoms with Crippen LogP contribution in [0.25, 0.3) is 0 Å². The molecule has 1 aromatic rings. The summed E-state index contributed by atoms with van der Waals surface area (Å²) < 4.78 is 5.43. The average Bonchev–Trinajstić information content (AvgIpc) is 3.02. The smallest absolute Gasteiger partial charge is 0.128 e. The van der Waals surface area contributed by atoms with Crippen molar-refractivity contribution in [2.75, 3.05) is 44.3 Å². The monoisotopic (exact) mass is 303 g/mol. The van der Waals surface area contributed by atoms with Gasteiger partial charge in [0, 0.05) is 24.8 Å². The molecule has 2 fully saturated rings. The molecule has 0 saturated carbocycles. The first-order valence-electron chi connectivity index (χ1n) is 8.84. The van der Waals surface area contributed by atoms with Gasteiger partial charge in [0.15, 0.2) is 0 Å². The Balaban J connectivity index is 1.73. The molecule has 0 aliphatic carbocycles. The van der Waals surface area contributed by atoms with E-state index in [2.05, 4.69) is 35.8 Å². The van der Waals surface area contributed by atoms with Crippen molar-refractivity contribution in [2.45, 2.75) is 45.6 Å². The molecule has 0 spiro atoms. The molecule has 0 amide bonds. The predicted octanol–water partition coefficient (Wildman–Crippen LogP) is 3.16. The maximum Gasteiger partial charge on any atom is 0.128 e. The molecular weight excluding hydrogens is 274 g/mol. The van der Waals surface area contributed by atoms with E-state index in [0.717, 1.165) is 32.1 Å². The molecule has 2 aliphatic heterocycles. The molecule has 0 aromatic carbocycles. The number of morpholine rings is 1. The molecule has 3 heterocycles. The van der Waals surface area contributed by atoms with Crippen molar-refractivity contribution in [3.63, 3.8) is 0 Å². The van der Waals surface area contributed by atoms with Crippen LogP contribution in [0.15, 0.2) is 12.1 Å². The second-order valence-corrected chi connectivity index (χ2v) is 6.49. The number of rotatable bonds is 5. The number of ether oxygens (including phenoxy) is 1. The molecule has 0 radical (unpaired) electrons. The number of anilines is 1. The molecule has 1 atom stereocenters. The van der Waals surface area contributed by atoms with Crippen molar-refractivity contribution in [1.82, 2.24) is 9.88 Å². The minimum absolute atomic E-state index is 0.581. The number of nitrogens with zero attached hydrogens (tertiary/aromatic N) is 3. The zero-order valence-corrected chi connectivity index (χ0v) is 14.1. The summed E-state index contributed by atoms with van der Waals surface area (Å²) >= 11 is 0. The predicted molar refractivity (Wildman–Crippen MR) is 90.5 cm³/mol. The van der Waals surface area contributed by atoms with Gasteiger partial charge in [-0.15, -0.1) is 0 Å². The minimum atomic E-state index is 0.581. The van der Waals surface area contributed by atoms with Crippen LogP contribution < -0.4 is 4.90 Å². The summed E-state index contributed by atoms with van der Waals surface area (Å²) in [6.07, 6.45) is 5.17. The zero-order valence-electron chi connectivity index (χ0n) is 14.1. The van der Waals surface area contributed by atoms with E-state index >= 15 is 0 Å². The summed E-state index contributed by atoms with van der Waals surface area (Å²) in [5.74, 6) is 1.11. The molecule has 0 bridgehead atoms. The third kappa shape index (κ3) is 3.44. The molecule has 1 unspecified atom stereocenters. The van der Waals surface area contributed by atoms with Crippen LogP contribution in [0.4, 0.5) is 5.82 Å². The Hall–Kier alpha value is -1.13. The van der Waals surface area contributed by atoms with Crippen molar-refractivity contribution in [2.24, 2.45) is 0 Å². The van der Waals surface area contributed by atoms with Crippen LogP contribution in [-0.2, 0) is 4.74 Å². The third-order valence-corrected chi connectivity index (χ3v) is 4.97. The van der Waals surface area contributed by atoms with E-state index in [-0.39, 0.29) is 0 Å². The van der Waals surface area contributed by atoms with Crippen molar-refractivity contribution in [3.8, 4) is 0 Å². The van der Waals surface area contributed by atoms with E-state index in [1.54, 1.807) is 0 Å². The van der Waals surface area contributed by atoms with Gasteiger partial charge in [-0.05, 0) is 50.9 Å². The number of pyridine rings is 1. The van der Waals surface area contributed by atoms with Crippen LogP contribution in [0.2, 0.25) is 0 Å². The van der Waals surface area contributed by atoms with Gasteiger partial charge in [-0.2, -0.15) is 0 Å². The summed E-state index contributed by atoms with van der Waals surface area (Å²) in [7, 11) is 0. The minimum Gasteiger partial charge on any atom is -0.378 e. The summed E-state index contributed by atoms with van der Waals surface area (Å²) in [4.78, 5) is 9.89. The summed E-state index contributed by atoms with van der Waals surface area (Å²) in [6, 6.07) is 5.12. The Kier molecular flexibility index (Phi) is 5.32. The van der Waals surface area contributed by atoms with E-state index < -0.39 is 0 Å². The van der Waals surface area contributed by atoms with Crippen LogP contribution in [0, 0.1) is 6.92 Å². The van der Waals surface area contributed by atoms with Gasteiger partial charge in [-0.1, -0.05) is 19.4 Å². The fourth-order valence-corrected chi connectivity index (χ4v) is 3.69. The van der Waals surface area contributed by atoms with Crippen LogP contribution in [-0.4, -0.2) is 49.3 Å². The van der Waals surface area contributed by atoms with Crippen LogP contribution in [0.3, 0.4) is 0 Å². The highest BCUT2D eigenvalue weighted by molar-refractivity contribution is 5.43. The maximum absolute atomic E-state index is 5.43. The van der Waals surface area contributed by atoms with Gasteiger partial charge in [0.05, 0.1) is 13.2 Å². The number of hydrogen-bond acceptors (Lipinski definition) is 4. The van der Waals surface area contributed by atoms with E-state index in [1.165, 1.54) is 50.0 Å². The molecule has 2 saturated heterocycles. The zero-order chi connectivity index (χ0) is 15.4. The largest absolute Gasteiger partial charge is 0.378 e. The Morgan fingerprint density at radius 1 is 1.23 bits per heavy atom. The molecule has 122 valence electrons. The lowest BCUT2D eigenvalue weighted by molar-refractivity contribution is 0.122. The average molecular weight is 303 g/mol. The van der Waals surface area contributed by atoms with Crippen LogP contribution in [0.1, 0.15) is 49.9 Å². The number of unbranched alkanes of at least 4 members (excludes halogenated alkanes) is 1. The van der Waals surface area contributed by atoms with E-state index in [4.69, 9.17) is 9.72 Å². The number of hydrogen-bond donors (Lipinski definition) is 0. The molecular formula is C18H29N3O. The fraction of sp³-hybridized carbons (Fsp3) is 0.722. The van der Waals surface area contributed by atoms with E-state index in [0.29, 0.717) is 6.04 Å². The van der Waals surface area contributed by atoms with Gasteiger partial charge < -0.3 is 9.64 Å². The quantitative estimate of drug-likeness (QED) is 0.835. The van der Waals surface area contributed by atoms with Crippen molar-refractivity contribution in [3.05, 3.63) is 23.4 Å². The highest BCUT2D eigenvalue weighted by Crippen LogP contribution is 2.34. The lowest BCUT2D eigenvalue weighted by Gasteiger charge is -2.30. The Morgan fingerprint density at radius 2 is 2.05 bits per heavy atom. The van der Waals surface area contributed by atoms with E-state index in [9.17, 15) is 0 Å². The Labute approximate surface area is 134 Å². The van der Waals surface area contributed by atoms with Gasteiger partial charge in [0.25, 0.3) is 0 Å². The molecule has 2 aliphatic rings. The molecule has 3 rings (SSSR count). The molecule has 4 nitrogen and oxygen atoms in total. The first-order valence-corrected chi connectivity index (χ1v) is 8.84. The summed E-state index contributed by atoms with van der Waals surface area (Å²) in [5.41, 5.74) is 2.64. The van der Waals surface area contributed by atoms with Crippen LogP contribution >= 0.6 is 0 Å². The number of likely N-dealkylation sites (tertiary alicyclic amines) is 1. The van der Waals surface area contributed by atoms with Gasteiger partial charge in [0.2, 0.25) is 0 Å². The van der Waals surface area contributed by atoms with Gasteiger partial charge in [-0.25, -0.2) is 4.98 Å². The van der Waals surface area contributed by atoms with Gasteiger partial charge >= 0.3 is 0 Å². The highest BCUT2D eigenvalue weighted by atomic mass is 16.5. The second kappa shape index (κ2) is 7.42. The Bertz CT molecular complexity index is 485. The summed E-state index contributed by atoms with van der Waals surface area (Å²) in [6.45, 7) is 10.5. The van der Waals surface area contributed by atoms with Crippen molar-refractivity contribution < 1.29 is 4.74 Å². The van der Waals surface area contributed by atoms with Gasteiger partial charge in [-0.3, -0.25) is 4.90 Å². The standard InChI is InChI=1S/C18H29N3O/c1-3-4-9-20-10-5-6-17(20)16-7-8-18(19-15(16)2)21-11-13-22-14-12-21/h7-8,17H,3-6,9-14H2,1-2H3. The topological polar surface area (TPSA) is 28.6 Å². The number of aryl methyl sites for hydroxylation is 1. The number of aromatic nitrogens is 1. The maximum atomic E-state index is 5.43. The molecule has 22 heavy (non-hydrogen) atoms. The van der Waals surface area contributed by atoms with Gasteiger partial charge in [0.1, 0.15) is 5.82 Å². The fourth-order valence-electron chi connectivity index (χ4n) is 3.69. The first kappa shape index (κ1) is 15.8. The van der Waals surface area contributed by atoms with Crippen LogP contribution in [0.5, 0.6) is 0 Å². The molecule has 0 N–H and O–H groups in total. The van der Waals surface area contributed by atoms with Crippen molar-refractivity contribution in [1.29, 1.82) is 0 Å². The Morgan fingerprint density at radius 3 is 2.77 bits per heavy atom.